The summed E-state index contributed by atoms with van der Waals surface area (Å²) in [6, 6.07) is 3.35. The molecule has 1 aromatic heterocycles. The third-order valence-corrected chi connectivity index (χ3v) is 4.83. The van der Waals surface area contributed by atoms with Gasteiger partial charge in [0.1, 0.15) is 12.1 Å². The third kappa shape index (κ3) is 4.11. The number of methoxy groups -OCH3 is 1. The van der Waals surface area contributed by atoms with E-state index in [0.29, 0.717) is 30.1 Å². The maximum absolute atomic E-state index is 12.6. The Hall–Kier alpha value is -2.24. The molecule has 9 nitrogen and oxygen atoms in total. The molecular weight excluding hydrogens is 365 g/mol. The van der Waals surface area contributed by atoms with Crippen LogP contribution in [0, 0.1) is 5.92 Å². The lowest BCUT2D eigenvalue weighted by atomic mass is 9.96. The number of fused-ring (bicyclic) bond motifs is 1. The molecule has 1 saturated heterocycles. The minimum Gasteiger partial charge on any atom is -0.493 e. The van der Waals surface area contributed by atoms with Crippen molar-refractivity contribution in [2.75, 3.05) is 38.5 Å². The first-order valence-electron chi connectivity index (χ1n) is 7.95. The summed E-state index contributed by atoms with van der Waals surface area (Å²) in [5.74, 6) is 1.73. The van der Waals surface area contributed by atoms with Gasteiger partial charge in [-0.3, -0.25) is 0 Å². The van der Waals surface area contributed by atoms with Crippen LogP contribution in [0.1, 0.15) is 6.42 Å². The largest absolute Gasteiger partial charge is 0.493 e. The number of anilines is 1. The normalized spacial score (nSPS) is 15.1. The van der Waals surface area contributed by atoms with Gasteiger partial charge in [0.2, 0.25) is 6.86 Å². The first-order chi connectivity index (χ1) is 12.4. The fraction of sp³-hybridized carbons (Fsp3) is 0.467. The minimum atomic E-state index is -3.66. The van der Waals surface area contributed by atoms with E-state index in [4.69, 9.17) is 14.6 Å². The predicted molar refractivity (Wildman–Crippen MR) is 94.1 cm³/mol. The number of rotatable bonds is 8. The molecule has 11 heteroatoms. The van der Waals surface area contributed by atoms with Gasteiger partial charge in [0.05, 0.1) is 12.6 Å². The van der Waals surface area contributed by atoms with E-state index in [0.717, 1.165) is 24.3 Å². The first-order valence-corrected chi connectivity index (χ1v) is 9.49. The number of hydrogen-bond donors (Lipinski definition) is 2. The Morgan fingerprint density at radius 3 is 2.77 bits per heavy atom. The van der Waals surface area contributed by atoms with Gasteiger partial charge < -0.3 is 14.4 Å². The molecule has 1 aliphatic rings. The average molecular weight is 385 g/mol. The number of nitrogens with zero attached hydrogens (tertiary/aromatic N) is 3. The Bertz CT molecular complexity index is 889. The lowest BCUT2D eigenvalue weighted by Gasteiger charge is -2.40. The molecular formula is C15H20FN5O4S. The van der Waals surface area contributed by atoms with E-state index >= 15 is 0 Å². The molecule has 1 fully saturated rings. The van der Waals surface area contributed by atoms with Gasteiger partial charge in [-0.05, 0) is 18.4 Å². The zero-order valence-electron chi connectivity index (χ0n) is 14.2. The minimum absolute atomic E-state index is 0.285. The summed E-state index contributed by atoms with van der Waals surface area (Å²) in [6.45, 7) is 0.786. The Balaban J connectivity index is 1.74. The molecule has 3 N–H and O–H groups in total. The molecule has 0 radical (unpaired) electrons. The van der Waals surface area contributed by atoms with Gasteiger partial charge in [-0.25, -0.2) is 24.2 Å². The van der Waals surface area contributed by atoms with Crippen LogP contribution >= 0.6 is 0 Å². The maximum atomic E-state index is 12.6. The molecule has 0 amide bonds. The second-order valence-corrected chi connectivity index (χ2v) is 7.35. The third-order valence-electron chi connectivity index (χ3n) is 4.22. The van der Waals surface area contributed by atoms with Crippen LogP contribution in [0.15, 0.2) is 18.5 Å². The van der Waals surface area contributed by atoms with E-state index in [9.17, 15) is 12.8 Å². The molecule has 0 unspecified atom stereocenters. The quantitative estimate of drug-likeness (QED) is 0.681. The smallest absolute Gasteiger partial charge is 0.274 e. The van der Waals surface area contributed by atoms with Crippen LogP contribution in [0.2, 0.25) is 0 Å². The lowest BCUT2D eigenvalue weighted by Crippen LogP contribution is -2.48. The Labute approximate surface area is 150 Å². The van der Waals surface area contributed by atoms with Gasteiger partial charge in [-0.2, -0.15) is 8.42 Å². The van der Waals surface area contributed by atoms with Crippen molar-refractivity contribution in [2.24, 2.45) is 11.1 Å². The van der Waals surface area contributed by atoms with Crippen molar-refractivity contribution in [3.05, 3.63) is 18.5 Å². The number of ether oxygens (including phenoxy) is 2. The fourth-order valence-corrected chi connectivity index (χ4v) is 3.37. The molecule has 1 aromatic carbocycles. The number of nitrogens with one attached hydrogen (secondary N) is 1. The van der Waals surface area contributed by atoms with E-state index in [1.54, 1.807) is 12.1 Å². The fourth-order valence-electron chi connectivity index (χ4n) is 2.96. The van der Waals surface area contributed by atoms with E-state index in [1.165, 1.54) is 13.4 Å². The lowest BCUT2D eigenvalue weighted by molar-refractivity contribution is 0.185. The van der Waals surface area contributed by atoms with E-state index in [2.05, 4.69) is 19.6 Å². The number of alkyl halides is 1. The number of nitrogens with two attached hydrogens (primary N) is 1. The highest BCUT2D eigenvalue weighted by atomic mass is 32.2. The van der Waals surface area contributed by atoms with Crippen LogP contribution < -0.4 is 24.2 Å². The Kier molecular flexibility index (Phi) is 5.39. The van der Waals surface area contributed by atoms with Gasteiger partial charge in [0.15, 0.2) is 11.5 Å². The van der Waals surface area contributed by atoms with Gasteiger partial charge in [-0.1, -0.05) is 0 Å². The average Bonchev–Trinajstić information content (AvgIpc) is 2.55. The number of benzene rings is 1. The number of aromatic nitrogens is 2. The van der Waals surface area contributed by atoms with Gasteiger partial charge in [0, 0.05) is 31.1 Å². The van der Waals surface area contributed by atoms with E-state index < -0.39 is 17.1 Å². The van der Waals surface area contributed by atoms with Gasteiger partial charge in [0.25, 0.3) is 10.2 Å². The Morgan fingerprint density at radius 1 is 1.35 bits per heavy atom. The summed E-state index contributed by atoms with van der Waals surface area (Å²) in [7, 11) is -2.18. The second kappa shape index (κ2) is 7.56. The van der Waals surface area contributed by atoms with Crippen molar-refractivity contribution in [3.63, 3.8) is 0 Å². The van der Waals surface area contributed by atoms with E-state index in [1.807, 2.05) is 0 Å². The topological polar surface area (TPSA) is 120 Å². The molecule has 0 saturated carbocycles. The second-order valence-electron chi connectivity index (χ2n) is 5.97. The highest BCUT2D eigenvalue weighted by molar-refractivity contribution is 7.87. The summed E-state index contributed by atoms with van der Waals surface area (Å²) in [4.78, 5) is 10.6. The van der Waals surface area contributed by atoms with Crippen molar-refractivity contribution in [2.45, 2.75) is 6.42 Å². The monoisotopic (exact) mass is 385 g/mol. The van der Waals surface area contributed by atoms with Crippen LogP contribution in [-0.4, -0.2) is 52.0 Å². The van der Waals surface area contributed by atoms with E-state index in [-0.39, 0.29) is 5.75 Å². The number of hydrogen-bond acceptors (Lipinski definition) is 7. The van der Waals surface area contributed by atoms with Crippen molar-refractivity contribution in [1.82, 2.24) is 14.7 Å². The molecule has 3 rings (SSSR count). The number of halogens is 1. The molecule has 142 valence electrons. The predicted octanol–water partition coefficient (Wildman–Crippen LogP) is 0.564. The van der Waals surface area contributed by atoms with Crippen LogP contribution in [-0.2, 0) is 10.2 Å². The molecule has 26 heavy (non-hydrogen) atoms. The van der Waals surface area contributed by atoms with Crippen LogP contribution in [0.4, 0.5) is 10.2 Å². The highest BCUT2D eigenvalue weighted by Gasteiger charge is 2.29. The maximum Gasteiger partial charge on any atom is 0.274 e. The molecule has 2 aromatic rings. The van der Waals surface area contributed by atoms with Crippen molar-refractivity contribution >= 4 is 26.9 Å². The van der Waals surface area contributed by atoms with Crippen LogP contribution in [0.25, 0.3) is 10.9 Å². The summed E-state index contributed by atoms with van der Waals surface area (Å²) >= 11 is 0. The van der Waals surface area contributed by atoms with Gasteiger partial charge >= 0.3 is 0 Å². The van der Waals surface area contributed by atoms with Crippen LogP contribution in [0.3, 0.4) is 0 Å². The zero-order valence-corrected chi connectivity index (χ0v) is 15.0. The summed E-state index contributed by atoms with van der Waals surface area (Å²) in [6.07, 6.45) is 2.14. The Morgan fingerprint density at radius 2 is 2.12 bits per heavy atom. The van der Waals surface area contributed by atoms with Gasteiger partial charge in [-0.15, -0.1) is 0 Å². The molecule has 0 spiro atoms. The summed E-state index contributed by atoms with van der Waals surface area (Å²) in [5.41, 5.74) is 0.664. The molecule has 0 atom stereocenters. The van der Waals surface area contributed by atoms with Crippen molar-refractivity contribution in [3.8, 4) is 11.5 Å². The summed E-state index contributed by atoms with van der Waals surface area (Å²) in [5, 5.41) is 5.64. The molecule has 0 aliphatic carbocycles. The van der Waals surface area contributed by atoms with Crippen molar-refractivity contribution in [1.29, 1.82) is 0 Å². The zero-order chi connectivity index (χ0) is 18.7. The van der Waals surface area contributed by atoms with Crippen molar-refractivity contribution < 1.29 is 22.3 Å². The molecule has 2 heterocycles. The highest BCUT2D eigenvalue weighted by Crippen LogP contribution is 2.36. The SMILES string of the molecule is COc1cc2ncnc(N3CC(CCNS(N)(=O)=O)C3)c2cc1OCF. The summed E-state index contributed by atoms with van der Waals surface area (Å²) < 4.78 is 46.8. The van der Waals surface area contributed by atoms with Crippen LogP contribution in [0.5, 0.6) is 11.5 Å². The first kappa shape index (κ1) is 18.5. The standard InChI is InChI=1S/C15H20FN5O4S/c1-24-13-5-12-11(4-14(13)25-8-16)15(19-9-18-12)21-6-10(7-21)2-3-20-26(17,22)23/h4-5,9-10,20H,2-3,6-8H2,1H3,(H2,17,22,23). The molecule has 1 aliphatic heterocycles. The molecule has 0 bridgehead atoms.